The summed E-state index contributed by atoms with van der Waals surface area (Å²) in [5.41, 5.74) is 0. The Morgan fingerprint density at radius 1 is 1.27 bits per heavy atom. The zero-order chi connectivity index (χ0) is 16.1. The van der Waals surface area contributed by atoms with Crippen LogP contribution in [0.3, 0.4) is 0 Å². The van der Waals surface area contributed by atoms with Crippen molar-refractivity contribution in [1.29, 1.82) is 0 Å². The van der Waals surface area contributed by atoms with Gasteiger partial charge in [-0.15, -0.1) is 0 Å². The second kappa shape index (κ2) is 7.78. The zero-order valence-corrected chi connectivity index (χ0v) is 13.5. The van der Waals surface area contributed by atoms with Crippen LogP contribution in [0.4, 0.5) is 4.79 Å². The molecule has 2 rings (SSSR count). The van der Waals surface area contributed by atoms with Crippen molar-refractivity contribution in [3.05, 3.63) is 0 Å². The lowest BCUT2D eigenvalue weighted by Crippen LogP contribution is -2.53. The summed E-state index contributed by atoms with van der Waals surface area (Å²) < 4.78 is 5.31. The third kappa shape index (κ3) is 3.70. The maximum absolute atomic E-state index is 12.9. The van der Waals surface area contributed by atoms with Crippen LogP contribution < -0.4 is 5.90 Å². The van der Waals surface area contributed by atoms with E-state index in [1.165, 1.54) is 0 Å². The molecule has 2 amide bonds. The Kier molecular flexibility index (Phi) is 6.02. The van der Waals surface area contributed by atoms with Gasteiger partial charge in [-0.2, -0.15) is 5.90 Å². The Labute approximate surface area is 131 Å². The number of carbonyl (C=O) groups excluding carboxylic acids is 2. The topological polar surface area (TPSA) is 85.1 Å². The van der Waals surface area contributed by atoms with E-state index in [-0.39, 0.29) is 11.8 Å². The van der Waals surface area contributed by atoms with Gasteiger partial charge in [-0.1, -0.05) is 20.3 Å². The van der Waals surface area contributed by atoms with Crippen molar-refractivity contribution in [2.75, 3.05) is 39.4 Å². The number of likely N-dealkylation sites (tertiary alicyclic amines) is 1. The number of hydrogen-bond acceptors (Lipinski definition) is 5. The van der Waals surface area contributed by atoms with Crippen LogP contribution in [0.25, 0.3) is 0 Å². The van der Waals surface area contributed by atoms with Gasteiger partial charge in [0.05, 0.1) is 19.1 Å². The van der Waals surface area contributed by atoms with E-state index in [1.807, 2.05) is 4.90 Å². The molecule has 7 heteroatoms. The summed E-state index contributed by atoms with van der Waals surface area (Å²) in [5, 5.41) is 0. The molecule has 0 aromatic heterocycles. The first kappa shape index (κ1) is 17.0. The van der Waals surface area contributed by atoms with Crippen molar-refractivity contribution in [2.45, 2.75) is 26.7 Å². The Morgan fingerprint density at radius 3 is 2.55 bits per heavy atom. The molecule has 22 heavy (non-hydrogen) atoms. The molecule has 2 fully saturated rings. The van der Waals surface area contributed by atoms with Gasteiger partial charge in [0.15, 0.2) is 0 Å². The van der Waals surface area contributed by atoms with Crippen LogP contribution in [-0.4, -0.2) is 61.2 Å². The number of hydrogen-bond donors (Lipinski definition) is 1. The molecule has 2 aliphatic heterocycles. The quantitative estimate of drug-likeness (QED) is 0.780. The lowest BCUT2D eigenvalue weighted by molar-refractivity contribution is -0.144. The lowest BCUT2D eigenvalue weighted by Gasteiger charge is -2.42. The molecule has 2 saturated heterocycles. The number of carbonyl (C=O) groups is 2. The van der Waals surface area contributed by atoms with Crippen LogP contribution in [0, 0.1) is 17.8 Å². The van der Waals surface area contributed by atoms with Crippen molar-refractivity contribution in [1.82, 2.24) is 9.80 Å². The van der Waals surface area contributed by atoms with Crippen LogP contribution in [0.15, 0.2) is 0 Å². The minimum atomic E-state index is -0.553. The highest BCUT2D eigenvalue weighted by Crippen LogP contribution is 2.33. The summed E-state index contributed by atoms with van der Waals surface area (Å²) in [6.45, 7) is 7.73. The van der Waals surface area contributed by atoms with E-state index in [0.717, 1.165) is 12.8 Å². The second-order valence-electron chi connectivity index (χ2n) is 6.21. The van der Waals surface area contributed by atoms with Crippen LogP contribution in [-0.2, 0) is 14.4 Å². The number of rotatable bonds is 3. The summed E-state index contributed by atoms with van der Waals surface area (Å²) in [5.74, 6) is 5.68. The first-order valence-electron chi connectivity index (χ1n) is 8.10. The van der Waals surface area contributed by atoms with Crippen molar-refractivity contribution < 1.29 is 19.2 Å². The summed E-state index contributed by atoms with van der Waals surface area (Å²) in [4.78, 5) is 32.3. The average Bonchev–Trinajstić information content (AvgIpc) is 2.59. The Balaban J connectivity index is 2.11. The molecule has 0 saturated carbocycles. The first-order valence-corrected chi connectivity index (χ1v) is 8.10. The maximum Gasteiger partial charge on any atom is 0.428 e. The van der Waals surface area contributed by atoms with Gasteiger partial charge in [0.25, 0.3) is 0 Å². The highest BCUT2D eigenvalue weighted by atomic mass is 16.7. The van der Waals surface area contributed by atoms with Gasteiger partial charge in [0.1, 0.15) is 0 Å². The summed E-state index contributed by atoms with van der Waals surface area (Å²) >= 11 is 0. The molecule has 3 atom stereocenters. The molecule has 7 nitrogen and oxygen atoms in total. The largest absolute Gasteiger partial charge is 0.428 e. The van der Waals surface area contributed by atoms with Gasteiger partial charge >= 0.3 is 6.09 Å². The molecular formula is C15H27N3O4. The molecule has 2 aliphatic rings. The van der Waals surface area contributed by atoms with E-state index in [0.29, 0.717) is 51.2 Å². The fraction of sp³-hybridized carbons (Fsp3) is 0.867. The molecule has 0 aromatic carbocycles. The Bertz CT molecular complexity index is 398. The van der Waals surface area contributed by atoms with Crippen molar-refractivity contribution in [3.8, 4) is 0 Å². The number of ether oxygens (including phenoxy) is 1. The number of nitrogens with two attached hydrogens (primary N) is 1. The van der Waals surface area contributed by atoms with E-state index in [4.69, 9.17) is 10.6 Å². The van der Waals surface area contributed by atoms with E-state index >= 15 is 0 Å². The molecular weight excluding hydrogens is 286 g/mol. The van der Waals surface area contributed by atoms with Gasteiger partial charge in [0, 0.05) is 26.2 Å². The third-order valence-corrected chi connectivity index (χ3v) is 5.04. The molecule has 0 radical (unpaired) electrons. The summed E-state index contributed by atoms with van der Waals surface area (Å²) in [6, 6.07) is 0. The molecule has 126 valence electrons. The van der Waals surface area contributed by atoms with Crippen LogP contribution in [0.1, 0.15) is 26.7 Å². The third-order valence-electron chi connectivity index (χ3n) is 5.04. The van der Waals surface area contributed by atoms with E-state index < -0.39 is 6.09 Å². The van der Waals surface area contributed by atoms with Crippen LogP contribution in [0.2, 0.25) is 0 Å². The van der Waals surface area contributed by atoms with Gasteiger partial charge in [0.2, 0.25) is 5.91 Å². The maximum atomic E-state index is 12.9. The van der Waals surface area contributed by atoms with Gasteiger partial charge in [-0.3, -0.25) is 4.79 Å². The summed E-state index contributed by atoms with van der Waals surface area (Å²) in [7, 11) is 0. The zero-order valence-electron chi connectivity index (χ0n) is 13.5. The minimum Gasteiger partial charge on any atom is -0.378 e. The highest BCUT2D eigenvalue weighted by Gasteiger charge is 2.40. The van der Waals surface area contributed by atoms with Crippen molar-refractivity contribution >= 4 is 12.0 Å². The van der Waals surface area contributed by atoms with Gasteiger partial charge in [-0.05, 0) is 18.3 Å². The molecule has 0 bridgehead atoms. The molecule has 3 unspecified atom stereocenters. The monoisotopic (exact) mass is 313 g/mol. The standard InChI is InChI=1S/C15H27N3O4/c1-3-11(2)12-4-5-18(15(20)22-16)10-13(12)14(19)17-6-8-21-9-7-17/h11-13H,3-10,16H2,1-2H3. The van der Waals surface area contributed by atoms with Crippen molar-refractivity contribution in [3.63, 3.8) is 0 Å². The SMILES string of the molecule is CCC(C)C1CCN(C(=O)ON)CC1C(=O)N1CCOCC1. The fourth-order valence-corrected chi connectivity index (χ4v) is 3.47. The normalized spacial score (nSPS) is 27.4. The number of nitrogens with zero attached hydrogens (tertiary/aromatic N) is 2. The molecule has 2 N–H and O–H groups in total. The predicted octanol–water partition coefficient (Wildman–Crippen LogP) is 0.840. The molecule has 0 spiro atoms. The smallest absolute Gasteiger partial charge is 0.378 e. The number of amides is 2. The summed E-state index contributed by atoms with van der Waals surface area (Å²) in [6.07, 6.45) is 1.28. The first-order chi connectivity index (χ1) is 10.6. The highest BCUT2D eigenvalue weighted by molar-refractivity contribution is 5.80. The average molecular weight is 313 g/mol. The number of morpholine rings is 1. The van der Waals surface area contributed by atoms with Crippen molar-refractivity contribution in [2.24, 2.45) is 23.7 Å². The fourth-order valence-electron chi connectivity index (χ4n) is 3.47. The molecule has 0 aliphatic carbocycles. The van der Waals surface area contributed by atoms with Crippen LogP contribution in [0.5, 0.6) is 0 Å². The molecule has 2 heterocycles. The minimum absolute atomic E-state index is 0.128. The Hall–Kier alpha value is -1.34. The van der Waals surface area contributed by atoms with Gasteiger partial charge in [-0.25, -0.2) is 4.79 Å². The number of piperidine rings is 1. The van der Waals surface area contributed by atoms with E-state index in [1.54, 1.807) is 4.90 Å². The van der Waals surface area contributed by atoms with E-state index in [2.05, 4.69) is 18.7 Å². The molecule has 0 aromatic rings. The predicted molar refractivity (Wildman–Crippen MR) is 80.7 cm³/mol. The van der Waals surface area contributed by atoms with E-state index in [9.17, 15) is 9.59 Å². The Morgan fingerprint density at radius 2 is 1.95 bits per heavy atom. The lowest BCUT2D eigenvalue weighted by atomic mass is 9.75. The van der Waals surface area contributed by atoms with Gasteiger partial charge < -0.3 is 19.4 Å². The second-order valence-corrected chi connectivity index (χ2v) is 6.21. The van der Waals surface area contributed by atoms with Crippen LogP contribution >= 0.6 is 0 Å².